The summed E-state index contributed by atoms with van der Waals surface area (Å²) >= 11 is 11.8. The second-order valence-corrected chi connectivity index (χ2v) is 7.29. The maximum Gasteiger partial charge on any atom is 0.174 e. The number of methoxy groups -OCH3 is 2. The number of ether oxygens (including phenoxy) is 2. The van der Waals surface area contributed by atoms with E-state index in [1.54, 1.807) is 14.2 Å². The van der Waals surface area contributed by atoms with Gasteiger partial charge in [0.15, 0.2) is 16.6 Å². The minimum atomic E-state index is 0.613. The van der Waals surface area contributed by atoms with Crippen LogP contribution in [-0.4, -0.2) is 24.2 Å². The molecule has 0 radical (unpaired) electrons. The lowest BCUT2D eigenvalue weighted by Crippen LogP contribution is -2.33. The van der Waals surface area contributed by atoms with Crippen molar-refractivity contribution in [2.45, 2.75) is 13.1 Å². The van der Waals surface area contributed by atoms with E-state index in [1.165, 1.54) is 5.56 Å². The molecular weight excluding hydrogens is 404 g/mol. The molecule has 0 aliphatic heterocycles. The highest BCUT2D eigenvalue weighted by Gasteiger charge is 2.14. The minimum absolute atomic E-state index is 0.613. The molecule has 0 unspecified atom stereocenters. The van der Waals surface area contributed by atoms with Crippen LogP contribution in [0.2, 0.25) is 5.02 Å². The fourth-order valence-electron chi connectivity index (χ4n) is 2.97. The molecular formula is C23H23ClN2O2S. The Morgan fingerprint density at radius 3 is 2.28 bits per heavy atom. The first-order valence-electron chi connectivity index (χ1n) is 9.15. The van der Waals surface area contributed by atoms with Crippen LogP contribution in [0.3, 0.4) is 0 Å². The largest absolute Gasteiger partial charge is 0.493 e. The van der Waals surface area contributed by atoms with Gasteiger partial charge in [-0.05, 0) is 53.7 Å². The first-order chi connectivity index (χ1) is 14.1. The van der Waals surface area contributed by atoms with E-state index in [0.29, 0.717) is 34.7 Å². The molecule has 3 aromatic carbocycles. The predicted octanol–water partition coefficient (Wildman–Crippen LogP) is 5.76. The summed E-state index contributed by atoms with van der Waals surface area (Å²) in [5.41, 5.74) is 3.09. The van der Waals surface area contributed by atoms with Crippen molar-refractivity contribution >= 4 is 34.6 Å². The first-order valence-corrected chi connectivity index (χ1v) is 9.94. The zero-order chi connectivity index (χ0) is 20.6. The number of benzene rings is 3. The molecule has 0 amide bonds. The molecule has 4 nitrogen and oxygen atoms in total. The second-order valence-electron chi connectivity index (χ2n) is 6.47. The van der Waals surface area contributed by atoms with Crippen molar-refractivity contribution < 1.29 is 9.47 Å². The highest BCUT2D eigenvalue weighted by molar-refractivity contribution is 7.80. The summed E-state index contributed by atoms with van der Waals surface area (Å²) < 4.78 is 10.8. The topological polar surface area (TPSA) is 33.7 Å². The number of rotatable bonds is 7. The fourth-order valence-corrected chi connectivity index (χ4v) is 3.41. The summed E-state index contributed by atoms with van der Waals surface area (Å²) in [5, 5.41) is 4.57. The number of nitrogens with zero attached hydrogens (tertiary/aromatic N) is 1. The van der Waals surface area contributed by atoms with Crippen molar-refractivity contribution in [1.82, 2.24) is 4.90 Å². The zero-order valence-electron chi connectivity index (χ0n) is 16.4. The molecule has 0 saturated heterocycles. The third-order valence-electron chi connectivity index (χ3n) is 4.40. The number of anilines is 1. The number of nitrogens with one attached hydrogen (secondary N) is 1. The molecule has 0 aliphatic rings. The highest BCUT2D eigenvalue weighted by Crippen LogP contribution is 2.28. The molecule has 0 fully saturated rings. The van der Waals surface area contributed by atoms with Gasteiger partial charge in [0.1, 0.15) is 0 Å². The van der Waals surface area contributed by atoms with Crippen LogP contribution in [0.15, 0.2) is 72.8 Å². The van der Waals surface area contributed by atoms with Gasteiger partial charge in [0.05, 0.1) is 14.2 Å². The van der Waals surface area contributed by atoms with Gasteiger partial charge >= 0.3 is 0 Å². The Morgan fingerprint density at radius 1 is 0.862 bits per heavy atom. The van der Waals surface area contributed by atoms with Crippen LogP contribution in [0, 0.1) is 0 Å². The third-order valence-corrected chi connectivity index (χ3v) is 5.00. The molecule has 3 aromatic rings. The van der Waals surface area contributed by atoms with Crippen LogP contribution in [0.5, 0.6) is 11.5 Å². The van der Waals surface area contributed by atoms with Crippen LogP contribution in [-0.2, 0) is 13.1 Å². The standard InChI is InChI=1S/C23H23ClN2O2S/c1-27-21-12-11-18(13-22(21)28-2)16-26(15-17-7-4-3-5-8-17)23(29)25-20-10-6-9-19(24)14-20/h3-14H,15-16H2,1-2H3,(H,25,29). The quantitative estimate of drug-likeness (QED) is 0.486. The van der Waals surface area contributed by atoms with Gasteiger partial charge in [-0.25, -0.2) is 0 Å². The Hall–Kier alpha value is -2.76. The Morgan fingerprint density at radius 2 is 1.59 bits per heavy atom. The number of hydrogen-bond acceptors (Lipinski definition) is 3. The summed E-state index contributed by atoms with van der Waals surface area (Å²) in [6.07, 6.45) is 0. The lowest BCUT2D eigenvalue weighted by Gasteiger charge is -2.26. The number of hydrogen-bond donors (Lipinski definition) is 1. The second kappa shape index (κ2) is 10.1. The normalized spacial score (nSPS) is 10.3. The van der Waals surface area contributed by atoms with Crippen LogP contribution in [0.25, 0.3) is 0 Å². The molecule has 3 rings (SSSR count). The smallest absolute Gasteiger partial charge is 0.174 e. The molecule has 0 aliphatic carbocycles. The van der Waals surface area contributed by atoms with Gasteiger partial charge in [-0.3, -0.25) is 0 Å². The lowest BCUT2D eigenvalue weighted by molar-refractivity contribution is 0.352. The van der Waals surface area contributed by atoms with Crippen molar-refractivity contribution in [2.75, 3.05) is 19.5 Å². The number of thiocarbonyl (C=S) groups is 1. The van der Waals surface area contributed by atoms with E-state index in [0.717, 1.165) is 11.3 Å². The maximum absolute atomic E-state index is 6.11. The molecule has 0 atom stereocenters. The van der Waals surface area contributed by atoms with Crippen molar-refractivity contribution in [3.05, 3.63) is 88.9 Å². The minimum Gasteiger partial charge on any atom is -0.493 e. The first kappa shape index (κ1) is 21.0. The van der Waals surface area contributed by atoms with E-state index in [1.807, 2.05) is 60.7 Å². The summed E-state index contributed by atoms with van der Waals surface area (Å²) in [5.74, 6) is 1.39. The zero-order valence-corrected chi connectivity index (χ0v) is 18.0. The Balaban J connectivity index is 1.83. The average Bonchev–Trinajstić information content (AvgIpc) is 2.74. The van der Waals surface area contributed by atoms with E-state index in [-0.39, 0.29) is 0 Å². The van der Waals surface area contributed by atoms with Gasteiger partial charge < -0.3 is 19.7 Å². The SMILES string of the molecule is COc1ccc(CN(Cc2ccccc2)C(=S)Nc2cccc(Cl)c2)cc1OC. The monoisotopic (exact) mass is 426 g/mol. The molecule has 0 bridgehead atoms. The van der Waals surface area contributed by atoms with Crippen LogP contribution in [0.1, 0.15) is 11.1 Å². The van der Waals surface area contributed by atoms with E-state index >= 15 is 0 Å². The van der Waals surface area contributed by atoms with Gasteiger partial charge in [-0.15, -0.1) is 0 Å². The molecule has 0 heterocycles. The lowest BCUT2D eigenvalue weighted by atomic mass is 10.1. The molecule has 6 heteroatoms. The Kier molecular flexibility index (Phi) is 7.33. The van der Waals surface area contributed by atoms with E-state index < -0.39 is 0 Å². The van der Waals surface area contributed by atoms with Crippen LogP contribution < -0.4 is 14.8 Å². The van der Waals surface area contributed by atoms with E-state index in [4.69, 9.17) is 33.3 Å². The molecule has 29 heavy (non-hydrogen) atoms. The van der Waals surface area contributed by atoms with Gasteiger partial charge in [0.2, 0.25) is 0 Å². The third kappa shape index (κ3) is 5.86. The maximum atomic E-state index is 6.11. The molecule has 150 valence electrons. The van der Waals surface area contributed by atoms with Crippen LogP contribution >= 0.6 is 23.8 Å². The Bertz CT molecular complexity index is 966. The fraction of sp³-hybridized carbons (Fsp3) is 0.174. The van der Waals surface area contributed by atoms with Crippen LogP contribution in [0.4, 0.5) is 5.69 Å². The van der Waals surface area contributed by atoms with E-state index in [9.17, 15) is 0 Å². The highest BCUT2D eigenvalue weighted by atomic mass is 35.5. The molecule has 0 aromatic heterocycles. The summed E-state index contributed by atoms with van der Waals surface area (Å²) in [6.45, 7) is 1.28. The summed E-state index contributed by atoms with van der Waals surface area (Å²) in [7, 11) is 3.26. The predicted molar refractivity (Wildman–Crippen MR) is 123 cm³/mol. The average molecular weight is 427 g/mol. The summed E-state index contributed by atoms with van der Waals surface area (Å²) in [6, 6.07) is 23.6. The van der Waals surface area contributed by atoms with Crippen molar-refractivity contribution in [3.8, 4) is 11.5 Å². The van der Waals surface area contributed by atoms with Crippen molar-refractivity contribution in [2.24, 2.45) is 0 Å². The summed E-state index contributed by atoms with van der Waals surface area (Å²) in [4.78, 5) is 2.10. The number of halogens is 1. The van der Waals surface area contributed by atoms with Gasteiger partial charge in [-0.1, -0.05) is 54.1 Å². The van der Waals surface area contributed by atoms with Gasteiger partial charge in [0, 0.05) is 23.8 Å². The molecule has 0 saturated carbocycles. The molecule has 0 spiro atoms. The van der Waals surface area contributed by atoms with Crippen molar-refractivity contribution in [3.63, 3.8) is 0 Å². The van der Waals surface area contributed by atoms with Gasteiger partial charge in [-0.2, -0.15) is 0 Å². The molecule has 1 N–H and O–H groups in total. The van der Waals surface area contributed by atoms with Gasteiger partial charge in [0.25, 0.3) is 0 Å². The Labute approximate surface area is 182 Å². The van der Waals surface area contributed by atoms with E-state index in [2.05, 4.69) is 22.3 Å². The van der Waals surface area contributed by atoms with Crippen molar-refractivity contribution in [1.29, 1.82) is 0 Å².